The van der Waals surface area contributed by atoms with Gasteiger partial charge in [-0.3, -0.25) is 9.69 Å². The summed E-state index contributed by atoms with van der Waals surface area (Å²) in [6.45, 7) is 3.23. The summed E-state index contributed by atoms with van der Waals surface area (Å²) >= 11 is 0. The largest absolute Gasteiger partial charge is 0.379 e. The molecule has 3 nitrogen and oxygen atoms in total. The Hall–Kier alpha value is -1.61. The van der Waals surface area contributed by atoms with Crippen molar-refractivity contribution >= 4 is 11.5 Å². The van der Waals surface area contributed by atoms with E-state index < -0.39 is 0 Å². The fourth-order valence-electron chi connectivity index (χ4n) is 6.57. The summed E-state index contributed by atoms with van der Waals surface area (Å²) in [4.78, 5) is 16.2. The summed E-state index contributed by atoms with van der Waals surface area (Å²) in [5.74, 6) is 1.29. The van der Waals surface area contributed by atoms with Crippen molar-refractivity contribution in [1.29, 1.82) is 0 Å². The van der Waals surface area contributed by atoms with Crippen LogP contribution in [0.1, 0.15) is 25.3 Å². The summed E-state index contributed by atoms with van der Waals surface area (Å²) in [5.41, 5.74) is 3.77. The van der Waals surface area contributed by atoms with E-state index in [0.29, 0.717) is 29.8 Å². The minimum Gasteiger partial charge on any atom is -0.379 e. The number of benzene rings is 1. The highest BCUT2D eigenvalue weighted by atomic mass is 16.1. The predicted octanol–water partition coefficient (Wildman–Crippen LogP) is 2.34. The van der Waals surface area contributed by atoms with Gasteiger partial charge in [0.25, 0.3) is 0 Å². The van der Waals surface area contributed by atoms with Gasteiger partial charge in [0.05, 0.1) is 11.5 Å². The molecule has 1 spiro atoms. The van der Waals surface area contributed by atoms with Gasteiger partial charge in [0.15, 0.2) is 5.78 Å². The van der Waals surface area contributed by atoms with Crippen molar-refractivity contribution in [3.8, 4) is 0 Å². The lowest BCUT2D eigenvalue weighted by atomic mass is 9.65. The molecule has 1 N–H and O–H groups in total. The third-order valence-corrected chi connectivity index (χ3v) is 7.32. The third-order valence-electron chi connectivity index (χ3n) is 7.32. The summed E-state index contributed by atoms with van der Waals surface area (Å²) in [6, 6.07) is 9.84. The van der Waals surface area contributed by atoms with E-state index in [1.807, 2.05) is 0 Å². The highest BCUT2D eigenvalue weighted by Crippen LogP contribution is 2.64. The molecular weight excluding hydrogens is 272 g/mol. The Morgan fingerprint density at radius 2 is 2.18 bits per heavy atom. The van der Waals surface area contributed by atoms with Crippen LogP contribution in [0.4, 0.5) is 5.69 Å². The molecule has 5 fully saturated rings. The van der Waals surface area contributed by atoms with Crippen molar-refractivity contribution in [2.45, 2.75) is 43.3 Å². The zero-order valence-electron chi connectivity index (χ0n) is 12.8. The number of nitrogens with zero attached hydrogens (tertiary/aromatic N) is 1. The smallest absolute Gasteiger partial charge is 0.150 e. The summed E-state index contributed by atoms with van der Waals surface area (Å²) in [6.07, 6.45) is 4.47. The second-order valence-electron chi connectivity index (χ2n) is 7.75. The number of anilines is 1. The van der Waals surface area contributed by atoms with Crippen LogP contribution in [0.25, 0.3) is 0 Å². The van der Waals surface area contributed by atoms with Crippen molar-refractivity contribution in [2.24, 2.45) is 11.8 Å². The van der Waals surface area contributed by atoms with Crippen LogP contribution in [-0.2, 0) is 10.2 Å². The molecule has 1 aliphatic carbocycles. The predicted molar refractivity (Wildman–Crippen MR) is 84.8 cm³/mol. The Balaban J connectivity index is 1.62. The number of hydrogen-bond acceptors (Lipinski definition) is 3. The maximum atomic E-state index is 13.6. The quantitative estimate of drug-likeness (QED) is 0.745. The normalized spacial score (nSPS) is 51.1. The first-order chi connectivity index (χ1) is 10.8. The second kappa shape index (κ2) is 3.48. The van der Waals surface area contributed by atoms with Crippen LogP contribution in [0.2, 0.25) is 0 Å². The highest BCUT2D eigenvalue weighted by molar-refractivity contribution is 6.01. The van der Waals surface area contributed by atoms with Gasteiger partial charge in [-0.05, 0) is 37.3 Å². The van der Waals surface area contributed by atoms with E-state index in [-0.39, 0.29) is 11.3 Å². The van der Waals surface area contributed by atoms with Crippen molar-refractivity contribution in [2.75, 3.05) is 11.9 Å². The van der Waals surface area contributed by atoms with Gasteiger partial charge in [-0.25, -0.2) is 0 Å². The minimum absolute atomic E-state index is 0.231. The third kappa shape index (κ3) is 1.00. The SMILES string of the molecule is C/C=C1/CN2[C@@H]3C[C@@]45C(=O)[C@@H]3[C@@H]1C[C@@H]2[C@@H]4Nc1ccccc15. The first-order valence-corrected chi connectivity index (χ1v) is 8.57. The fraction of sp³-hybridized carbons (Fsp3) is 0.526. The van der Waals surface area contributed by atoms with E-state index in [9.17, 15) is 4.79 Å². The molecule has 0 aromatic heterocycles. The second-order valence-corrected chi connectivity index (χ2v) is 7.75. The molecule has 22 heavy (non-hydrogen) atoms. The van der Waals surface area contributed by atoms with E-state index in [1.54, 1.807) is 0 Å². The Morgan fingerprint density at radius 1 is 1.32 bits per heavy atom. The zero-order chi connectivity index (χ0) is 14.6. The number of ketones is 1. The Kier molecular flexibility index (Phi) is 1.88. The van der Waals surface area contributed by atoms with Crippen molar-refractivity contribution < 1.29 is 4.79 Å². The number of allylic oxidation sites excluding steroid dienone is 1. The molecule has 1 unspecified atom stereocenters. The molecule has 1 aromatic carbocycles. The lowest BCUT2D eigenvalue weighted by molar-refractivity contribution is -0.126. The van der Waals surface area contributed by atoms with Crippen molar-refractivity contribution in [1.82, 2.24) is 4.90 Å². The van der Waals surface area contributed by atoms with Gasteiger partial charge < -0.3 is 5.32 Å². The standard InChI is InChI=1S/C19H20N2O/c1-2-10-9-21-14-7-11(10)16-15(21)8-19(18(16)22)12-5-3-4-6-13(12)20-17(14)19/h2-6,11,14-17,20H,7-9H2,1H3/b10-2-/t11-,14-,15-,16-,17+,19+/m1/s1. The van der Waals surface area contributed by atoms with E-state index in [0.717, 1.165) is 13.0 Å². The molecule has 4 saturated heterocycles. The molecule has 1 saturated carbocycles. The van der Waals surface area contributed by atoms with Gasteiger partial charge in [-0.15, -0.1) is 0 Å². The average molecular weight is 292 g/mol. The van der Waals surface area contributed by atoms with Gasteiger partial charge in [0.2, 0.25) is 0 Å². The lowest BCUT2D eigenvalue weighted by Crippen LogP contribution is -2.66. The summed E-state index contributed by atoms with van der Waals surface area (Å²) in [5, 5.41) is 3.75. The van der Waals surface area contributed by atoms with Crippen LogP contribution in [-0.4, -0.2) is 35.4 Å². The molecule has 7 atom stereocenters. The Bertz CT molecular complexity index is 754. The number of carbonyl (C=O) groups is 1. The Morgan fingerprint density at radius 3 is 3.05 bits per heavy atom. The number of hydrogen-bond donors (Lipinski definition) is 1. The van der Waals surface area contributed by atoms with Crippen LogP contribution in [0, 0.1) is 11.8 Å². The number of fused-ring (bicyclic) bond motifs is 2. The van der Waals surface area contributed by atoms with Gasteiger partial charge in [-0.2, -0.15) is 0 Å². The maximum Gasteiger partial charge on any atom is 0.150 e. The molecule has 5 aliphatic heterocycles. The molecular formula is C19H20N2O. The first-order valence-electron chi connectivity index (χ1n) is 8.57. The fourth-order valence-corrected chi connectivity index (χ4v) is 6.57. The Labute approximate surface area is 130 Å². The van der Waals surface area contributed by atoms with Gasteiger partial charge in [0, 0.05) is 30.2 Å². The molecule has 5 bridgehead atoms. The highest BCUT2D eigenvalue weighted by Gasteiger charge is 2.73. The van der Waals surface area contributed by atoms with E-state index in [1.165, 1.54) is 23.2 Å². The van der Waals surface area contributed by atoms with Gasteiger partial charge in [0.1, 0.15) is 0 Å². The van der Waals surface area contributed by atoms with E-state index in [2.05, 4.69) is 47.5 Å². The van der Waals surface area contributed by atoms with Crippen LogP contribution >= 0.6 is 0 Å². The van der Waals surface area contributed by atoms with Gasteiger partial charge in [-0.1, -0.05) is 29.8 Å². The topological polar surface area (TPSA) is 32.3 Å². The van der Waals surface area contributed by atoms with E-state index >= 15 is 0 Å². The average Bonchev–Trinajstić information content (AvgIpc) is 3.02. The monoisotopic (exact) mass is 292 g/mol. The number of carbonyl (C=O) groups excluding carboxylic acids is 1. The zero-order valence-corrected chi connectivity index (χ0v) is 12.8. The number of nitrogens with one attached hydrogen (secondary N) is 1. The molecule has 3 heteroatoms. The molecule has 6 aliphatic rings. The van der Waals surface area contributed by atoms with Crippen molar-refractivity contribution in [3.63, 3.8) is 0 Å². The van der Waals surface area contributed by atoms with Crippen LogP contribution in [0.3, 0.4) is 0 Å². The maximum absolute atomic E-state index is 13.6. The summed E-state index contributed by atoms with van der Waals surface area (Å²) < 4.78 is 0. The van der Waals surface area contributed by atoms with Crippen LogP contribution in [0.15, 0.2) is 35.9 Å². The van der Waals surface area contributed by atoms with Crippen LogP contribution in [0.5, 0.6) is 0 Å². The lowest BCUT2D eigenvalue weighted by Gasteiger charge is -2.57. The van der Waals surface area contributed by atoms with E-state index in [4.69, 9.17) is 0 Å². The number of Topliss-reactive ketones (excluding diaryl/α,β-unsaturated/α-hetero) is 1. The molecule has 112 valence electrons. The number of piperidine rings is 4. The first kappa shape index (κ1) is 11.9. The van der Waals surface area contributed by atoms with Crippen molar-refractivity contribution in [3.05, 3.63) is 41.5 Å². The number of rotatable bonds is 0. The molecule has 0 amide bonds. The molecule has 7 rings (SSSR count). The minimum atomic E-state index is -0.231. The molecule has 0 radical (unpaired) electrons. The van der Waals surface area contributed by atoms with Crippen LogP contribution < -0.4 is 5.32 Å². The molecule has 1 aromatic rings. The molecule has 5 heterocycles. The van der Waals surface area contributed by atoms with Gasteiger partial charge >= 0.3 is 0 Å². The summed E-state index contributed by atoms with van der Waals surface area (Å²) in [7, 11) is 0. The number of para-hydroxylation sites is 1.